The van der Waals surface area contributed by atoms with Gasteiger partial charge in [-0.25, -0.2) is 0 Å². The van der Waals surface area contributed by atoms with Gasteiger partial charge in [0.25, 0.3) is 0 Å². The van der Waals surface area contributed by atoms with E-state index in [9.17, 15) is 14.7 Å². The van der Waals surface area contributed by atoms with Crippen LogP contribution in [0, 0.1) is 0 Å². The van der Waals surface area contributed by atoms with E-state index in [-0.39, 0.29) is 18.4 Å². The van der Waals surface area contributed by atoms with Crippen LogP contribution in [-0.4, -0.2) is 66.2 Å². The molecular weight excluding hydrogens is 312 g/mol. The van der Waals surface area contributed by atoms with E-state index in [1.807, 2.05) is 12.1 Å². The van der Waals surface area contributed by atoms with Crippen molar-refractivity contribution in [1.29, 1.82) is 0 Å². The summed E-state index contributed by atoms with van der Waals surface area (Å²) in [5.41, 5.74) is 0.831. The van der Waals surface area contributed by atoms with E-state index < -0.39 is 12.1 Å². The lowest BCUT2D eigenvalue weighted by molar-refractivity contribution is -0.160. The predicted molar refractivity (Wildman–Crippen MR) is 85.7 cm³/mol. The van der Waals surface area contributed by atoms with Gasteiger partial charge in [-0.3, -0.25) is 9.59 Å². The molecule has 1 aromatic carbocycles. The molecule has 1 N–H and O–H groups in total. The second kappa shape index (κ2) is 6.68. The van der Waals surface area contributed by atoms with Crippen molar-refractivity contribution in [1.82, 2.24) is 9.80 Å². The number of rotatable bonds is 4. The Bertz CT molecular complexity index is 626. The van der Waals surface area contributed by atoms with Gasteiger partial charge in [-0.05, 0) is 24.1 Å². The SMILES string of the molecule is COc1cc(CN2CC(=O)N3CC[C@@H](O)C[C@H]3C2=O)cc(OC)c1. The van der Waals surface area contributed by atoms with E-state index in [4.69, 9.17) is 9.47 Å². The molecule has 130 valence electrons. The van der Waals surface area contributed by atoms with Crippen LogP contribution in [0.25, 0.3) is 0 Å². The smallest absolute Gasteiger partial charge is 0.246 e. The molecule has 0 bridgehead atoms. The molecule has 2 heterocycles. The number of ether oxygens (including phenoxy) is 2. The largest absolute Gasteiger partial charge is 0.497 e. The Kier molecular flexibility index (Phi) is 4.62. The van der Waals surface area contributed by atoms with Crippen molar-refractivity contribution >= 4 is 11.8 Å². The van der Waals surface area contributed by atoms with E-state index in [2.05, 4.69) is 0 Å². The minimum atomic E-state index is -0.553. The van der Waals surface area contributed by atoms with Gasteiger partial charge in [0.1, 0.15) is 24.1 Å². The van der Waals surface area contributed by atoms with Gasteiger partial charge < -0.3 is 24.4 Å². The van der Waals surface area contributed by atoms with Crippen LogP contribution >= 0.6 is 0 Å². The van der Waals surface area contributed by atoms with Crippen molar-refractivity contribution in [2.45, 2.75) is 31.5 Å². The van der Waals surface area contributed by atoms with E-state index in [0.717, 1.165) is 5.56 Å². The molecule has 0 aromatic heterocycles. The predicted octanol–water partition coefficient (Wildman–Crippen LogP) is 0.398. The van der Waals surface area contributed by atoms with Crippen molar-refractivity contribution in [3.05, 3.63) is 23.8 Å². The van der Waals surface area contributed by atoms with Gasteiger partial charge in [-0.2, -0.15) is 0 Å². The normalized spacial score (nSPS) is 24.0. The second-order valence-corrected chi connectivity index (χ2v) is 6.20. The van der Waals surface area contributed by atoms with Crippen LogP contribution in [0.1, 0.15) is 18.4 Å². The Hall–Kier alpha value is -2.28. The summed E-state index contributed by atoms with van der Waals surface area (Å²) in [5, 5.41) is 9.82. The minimum Gasteiger partial charge on any atom is -0.497 e. The van der Waals surface area contributed by atoms with Gasteiger partial charge in [0.05, 0.1) is 20.3 Å². The number of methoxy groups -OCH3 is 2. The molecular formula is C17H22N2O5. The van der Waals surface area contributed by atoms with Gasteiger partial charge >= 0.3 is 0 Å². The van der Waals surface area contributed by atoms with Crippen molar-refractivity contribution in [2.24, 2.45) is 0 Å². The third kappa shape index (κ3) is 3.17. The fourth-order valence-corrected chi connectivity index (χ4v) is 3.33. The Morgan fingerprint density at radius 1 is 1.17 bits per heavy atom. The second-order valence-electron chi connectivity index (χ2n) is 6.20. The van der Waals surface area contributed by atoms with Crippen LogP contribution in [0.2, 0.25) is 0 Å². The molecule has 3 rings (SSSR count). The van der Waals surface area contributed by atoms with Crippen LogP contribution in [0.5, 0.6) is 11.5 Å². The molecule has 7 heteroatoms. The number of aliphatic hydroxyl groups is 1. The number of piperidine rings is 1. The molecule has 0 aliphatic carbocycles. The molecule has 0 spiro atoms. The minimum absolute atomic E-state index is 0.0605. The maximum absolute atomic E-state index is 12.7. The van der Waals surface area contributed by atoms with Gasteiger partial charge in [-0.1, -0.05) is 0 Å². The number of carbonyl (C=O) groups excluding carboxylic acids is 2. The first-order valence-corrected chi connectivity index (χ1v) is 8.00. The van der Waals surface area contributed by atoms with Crippen LogP contribution < -0.4 is 9.47 Å². The number of carbonyl (C=O) groups is 2. The zero-order chi connectivity index (χ0) is 17.3. The monoisotopic (exact) mass is 334 g/mol. The third-order valence-electron chi connectivity index (χ3n) is 4.60. The fourth-order valence-electron chi connectivity index (χ4n) is 3.33. The number of nitrogens with zero attached hydrogens (tertiary/aromatic N) is 2. The highest BCUT2D eigenvalue weighted by Crippen LogP contribution is 2.27. The summed E-state index contributed by atoms with van der Waals surface area (Å²) in [7, 11) is 3.13. The summed E-state index contributed by atoms with van der Waals surface area (Å²) in [6, 6.07) is 4.85. The van der Waals surface area contributed by atoms with Crippen LogP contribution in [-0.2, 0) is 16.1 Å². The van der Waals surface area contributed by atoms with Crippen LogP contribution in [0.3, 0.4) is 0 Å². The number of hydrogen-bond acceptors (Lipinski definition) is 5. The van der Waals surface area contributed by atoms with Crippen molar-refractivity contribution < 1.29 is 24.2 Å². The quantitative estimate of drug-likeness (QED) is 0.862. The Balaban J connectivity index is 1.80. The maximum atomic E-state index is 12.7. The topological polar surface area (TPSA) is 79.3 Å². The third-order valence-corrected chi connectivity index (χ3v) is 4.60. The highest BCUT2D eigenvalue weighted by atomic mass is 16.5. The first-order valence-electron chi connectivity index (χ1n) is 8.00. The van der Waals surface area contributed by atoms with Crippen molar-refractivity contribution in [3.63, 3.8) is 0 Å². The zero-order valence-electron chi connectivity index (χ0n) is 13.9. The maximum Gasteiger partial charge on any atom is 0.246 e. The first kappa shape index (κ1) is 16.6. The van der Waals surface area contributed by atoms with E-state index in [1.165, 1.54) is 4.90 Å². The summed E-state index contributed by atoms with van der Waals surface area (Å²) in [6.45, 7) is 0.806. The van der Waals surface area contributed by atoms with E-state index in [0.29, 0.717) is 37.4 Å². The van der Waals surface area contributed by atoms with E-state index >= 15 is 0 Å². The number of fused-ring (bicyclic) bond motifs is 1. The summed E-state index contributed by atoms with van der Waals surface area (Å²) < 4.78 is 10.5. The molecule has 2 fully saturated rings. The summed E-state index contributed by atoms with van der Waals surface area (Å²) in [4.78, 5) is 28.2. The fraction of sp³-hybridized carbons (Fsp3) is 0.529. The summed E-state index contributed by atoms with van der Waals surface area (Å²) in [5.74, 6) is 1.08. The first-order chi connectivity index (χ1) is 11.5. The molecule has 0 unspecified atom stereocenters. The molecule has 2 atom stereocenters. The Morgan fingerprint density at radius 3 is 2.46 bits per heavy atom. The standard InChI is InChI=1S/C17H22N2O5/c1-23-13-5-11(6-14(8-13)24-2)9-18-10-16(21)19-4-3-12(20)7-15(19)17(18)22/h5-6,8,12,15,20H,3-4,7,9-10H2,1-2H3/t12-,15+/m1/s1. The van der Waals surface area contributed by atoms with Crippen molar-refractivity contribution in [2.75, 3.05) is 27.3 Å². The lowest BCUT2D eigenvalue weighted by Crippen LogP contribution is -2.62. The lowest BCUT2D eigenvalue weighted by atomic mass is 9.96. The summed E-state index contributed by atoms with van der Waals surface area (Å²) in [6.07, 6.45) is 0.310. The lowest BCUT2D eigenvalue weighted by Gasteiger charge is -2.44. The molecule has 1 aromatic rings. The zero-order valence-corrected chi connectivity index (χ0v) is 13.9. The molecule has 2 aliphatic rings. The van der Waals surface area contributed by atoms with Gasteiger partial charge in [0.15, 0.2) is 0 Å². The number of amides is 2. The summed E-state index contributed by atoms with van der Waals surface area (Å²) >= 11 is 0. The van der Waals surface area contributed by atoms with Crippen molar-refractivity contribution in [3.8, 4) is 11.5 Å². The van der Waals surface area contributed by atoms with Gasteiger partial charge in [-0.15, -0.1) is 0 Å². The van der Waals surface area contributed by atoms with Crippen LogP contribution in [0.15, 0.2) is 18.2 Å². The average molecular weight is 334 g/mol. The van der Waals surface area contributed by atoms with Gasteiger partial charge in [0, 0.05) is 25.6 Å². The Labute approximate surface area is 140 Å². The highest BCUT2D eigenvalue weighted by molar-refractivity contribution is 5.95. The number of benzene rings is 1. The number of aliphatic hydroxyl groups excluding tert-OH is 1. The highest BCUT2D eigenvalue weighted by Gasteiger charge is 2.42. The molecule has 2 amide bonds. The average Bonchev–Trinajstić information content (AvgIpc) is 2.58. The number of piperazine rings is 1. The van der Waals surface area contributed by atoms with E-state index in [1.54, 1.807) is 25.2 Å². The van der Waals surface area contributed by atoms with Crippen LogP contribution in [0.4, 0.5) is 0 Å². The molecule has 2 saturated heterocycles. The Morgan fingerprint density at radius 2 is 1.83 bits per heavy atom. The molecule has 24 heavy (non-hydrogen) atoms. The molecule has 2 aliphatic heterocycles. The number of hydrogen-bond donors (Lipinski definition) is 1. The molecule has 0 saturated carbocycles. The molecule has 7 nitrogen and oxygen atoms in total. The van der Waals surface area contributed by atoms with Gasteiger partial charge in [0.2, 0.25) is 11.8 Å². The molecule has 0 radical (unpaired) electrons.